The average Bonchev–Trinajstić information content (AvgIpc) is 3.94. The molecule has 332 valence electrons. The number of thioether (sulfide) groups is 4. The molecule has 2 saturated heterocycles. The normalized spacial score (nSPS) is 17.7. The first kappa shape index (κ1) is 46.4. The number of cyclic esters (lactones) is 2. The lowest BCUT2D eigenvalue weighted by atomic mass is 10.00. The highest BCUT2D eigenvalue weighted by molar-refractivity contribution is 8.26. The molecule has 2 atom stereocenters. The predicted molar refractivity (Wildman–Crippen MR) is 242 cm³/mol. The minimum Gasteiger partial charge on any atom is -0.424 e. The summed E-state index contributed by atoms with van der Waals surface area (Å²) in [6, 6.07) is 18.8. The van der Waals surface area contributed by atoms with Crippen molar-refractivity contribution in [1.82, 2.24) is 10.0 Å². The number of nitrogens with zero attached hydrogens (tertiary/aromatic N) is 2. The van der Waals surface area contributed by atoms with E-state index in [4.69, 9.17) is 18.9 Å². The van der Waals surface area contributed by atoms with Crippen LogP contribution in [0.25, 0.3) is 0 Å². The van der Waals surface area contributed by atoms with E-state index in [1.807, 2.05) is 88.4 Å². The van der Waals surface area contributed by atoms with Gasteiger partial charge in [0, 0.05) is 13.8 Å². The molecule has 16 heteroatoms. The third-order valence-electron chi connectivity index (χ3n) is 10.9. The molecule has 2 unspecified atom stereocenters. The number of carbonyl (C=O) groups is 6. The standard InChI is InChI=1S/C47H50N2O10S4/c1-7-11-23-29(9-3)41(52)56-33-35-36(61-45(60-35)31-39(50)48(25-27-19-15-13-16-20-27)49(40(31)51)26-28-21-17-14-18-22-28)34(57-42(53)30(10-4)24-12-8-2)38-37(33)62-46(63-38)32-43(54)58-47(5,6)59-44(32)55/h13-22,29-30H,7-12,23-26H2,1-6H3. The maximum Gasteiger partial charge on any atom is 0.350 e. The lowest BCUT2D eigenvalue weighted by Gasteiger charge is -2.30. The molecule has 4 heterocycles. The van der Waals surface area contributed by atoms with Gasteiger partial charge in [0.1, 0.15) is 5.57 Å². The Labute approximate surface area is 384 Å². The molecule has 2 amide bonds. The zero-order valence-corrected chi connectivity index (χ0v) is 39.4. The van der Waals surface area contributed by atoms with Gasteiger partial charge in [0.2, 0.25) is 0 Å². The fraction of sp³-hybridized carbons (Fsp3) is 0.404. The highest BCUT2D eigenvalue weighted by Crippen LogP contribution is 2.69. The van der Waals surface area contributed by atoms with E-state index >= 15 is 0 Å². The molecule has 4 aliphatic rings. The molecule has 0 N–H and O–H groups in total. The summed E-state index contributed by atoms with van der Waals surface area (Å²) in [5, 5.41) is 2.90. The van der Waals surface area contributed by atoms with Crippen molar-refractivity contribution in [3.8, 4) is 11.5 Å². The Morgan fingerprint density at radius 2 is 0.952 bits per heavy atom. The minimum atomic E-state index is -1.48. The van der Waals surface area contributed by atoms with Gasteiger partial charge in [0.25, 0.3) is 17.6 Å². The second-order valence-electron chi connectivity index (χ2n) is 15.9. The number of benzene rings is 3. The molecule has 0 aromatic heterocycles. The van der Waals surface area contributed by atoms with E-state index in [0.29, 0.717) is 49.5 Å². The first-order valence-corrected chi connectivity index (χ1v) is 24.6. The van der Waals surface area contributed by atoms with E-state index in [1.165, 1.54) is 23.9 Å². The predicted octanol–water partition coefficient (Wildman–Crippen LogP) is 10.6. The van der Waals surface area contributed by atoms with Gasteiger partial charge in [-0.25, -0.2) is 19.6 Å². The molecule has 0 aliphatic carbocycles. The van der Waals surface area contributed by atoms with E-state index in [0.717, 1.165) is 83.9 Å². The van der Waals surface area contributed by atoms with Crippen LogP contribution in [0.1, 0.15) is 104 Å². The Morgan fingerprint density at radius 1 is 0.587 bits per heavy atom. The van der Waals surface area contributed by atoms with Gasteiger partial charge in [0.05, 0.1) is 53.0 Å². The van der Waals surface area contributed by atoms with E-state index in [-0.39, 0.29) is 40.0 Å². The summed E-state index contributed by atoms with van der Waals surface area (Å²) in [6.45, 7) is 11.1. The molecule has 0 radical (unpaired) electrons. The zero-order chi connectivity index (χ0) is 45.0. The number of hydrazine groups is 1. The van der Waals surface area contributed by atoms with Gasteiger partial charge in [-0.15, -0.1) is 0 Å². The molecule has 3 aromatic rings. The number of carbonyl (C=O) groups excluding carboxylic acids is 6. The zero-order valence-electron chi connectivity index (χ0n) is 36.1. The Hall–Kier alpha value is -4.64. The van der Waals surface area contributed by atoms with E-state index in [9.17, 15) is 28.8 Å². The van der Waals surface area contributed by atoms with Gasteiger partial charge >= 0.3 is 23.9 Å². The van der Waals surface area contributed by atoms with Crippen LogP contribution in [-0.4, -0.2) is 51.5 Å². The van der Waals surface area contributed by atoms with E-state index in [1.54, 1.807) is 0 Å². The largest absolute Gasteiger partial charge is 0.424 e. The van der Waals surface area contributed by atoms with Crippen LogP contribution in [0.5, 0.6) is 11.5 Å². The topological polar surface area (TPSA) is 146 Å². The lowest BCUT2D eigenvalue weighted by Crippen LogP contribution is -2.42. The van der Waals surface area contributed by atoms with Crippen molar-refractivity contribution in [2.45, 2.75) is 131 Å². The fourth-order valence-electron chi connectivity index (χ4n) is 7.43. The maximum atomic E-state index is 14.7. The number of unbranched alkanes of at least 4 members (excludes halogenated alkanes) is 2. The first-order valence-electron chi connectivity index (χ1n) is 21.3. The van der Waals surface area contributed by atoms with Gasteiger partial charge < -0.3 is 18.9 Å². The Balaban J connectivity index is 1.39. The van der Waals surface area contributed by atoms with Gasteiger partial charge in [0.15, 0.2) is 17.1 Å². The molecular formula is C47H50N2O10S4. The number of fused-ring (bicyclic) bond motifs is 2. The fourth-order valence-corrected chi connectivity index (χ4v) is 12.9. The number of ether oxygens (including phenoxy) is 4. The number of amides is 2. The van der Waals surface area contributed by atoms with Gasteiger partial charge in [-0.2, -0.15) is 0 Å². The van der Waals surface area contributed by atoms with Crippen LogP contribution in [0, 0.1) is 11.8 Å². The Morgan fingerprint density at radius 3 is 1.30 bits per heavy atom. The number of hydrogen-bond acceptors (Lipinski definition) is 14. The molecule has 2 fully saturated rings. The summed E-state index contributed by atoms with van der Waals surface area (Å²) in [5.41, 5.74) is 1.26. The Bertz CT molecular complexity index is 2230. The molecule has 0 spiro atoms. The van der Waals surface area contributed by atoms with Crippen molar-refractivity contribution in [1.29, 1.82) is 0 Å². The third kappa shape index (κ3) is 9.88. The summed E-state index contributed by atoms with van der Waals surface area (Å²) in [4.78, 5) is 85.9. The highest BCUT2D eigenvalue weighted by atomic mass is 32.2. The molecule has 0 saturated carbocycles. The summed E-state index contributed by atoms with van der Waals surface area (Å²) in [6.07, 6.45) is 5.62. The average molecular weight is 931 g/mol. The molecule has 63 heavy (non-hydrogen) atoms. The van der Waals surface area contributed by atoms with Crippen LogP contribution in [0.3, 0.4) is 0 Å². The maximum absolute atomic E-state index is 14.7. The number of rotatable bonds is 16. The van der Waals surface area contributed by atoms with Crippen molar-refractivity contribution >= 4 is 82.7 Å². The minimum absolute atomic E-state index is 0.0649. The lowest BCUT2D eigenvalue weighted by molar-refractivity contribution is -0.222. The molecule has 12 nitrogen and oxygen atoms in total. The van der Waals surface area contributed by atoms with Crippen molar-refractivity contribution in [2.24, 2.45) is 11.8 Å². The molecule has 4 aliphatic heterocycles. The molecular weight excluding hydrogens is 881 g/mol. The van der Waals surface area contributed by atoms with Crippen LogP contribution in [0.15, 0.2) is 99.9 Å². The van der Waals surface area contributed by atoms with Crippen molar-refractivity contribution < 1.29 is 47.7 Å². The first-order chi connectivity index (χ1) is 30.3. The summed E-state index contributed by atoms with van der Waals surface area (Å²) in [7, 11) is 0. The number of esters is 4. The van der Waals surface area contributed by atoms with Gasteiger partial charge in [-0.3, -0.25) is 19.2 Å². The van der Waals surface area contributed by atoms with Crippen LogP contribution in [0.4, 0.5) is 0 Å². The number of hydrogen-bond donors (Lipinski definition) is 0. The van der Waals surface area contributed by atoms with Crippen molar-refractivity contribution in [2.75, 3.05) is 0 Å². The van der Waals surface area contributed by atoms with Crippen molar-refractivity contribution in [3.05, 3.63) is 91.4 Å². The molecule has 0 bridgehead atoms. The molecule has 7 rings (SSSR count). The monoisotopic (exact) mass is 930 g/mol. The Kier molecular flexibility index (Phi) is 14.7. The van der Waals surface area contributed by atoms with Crippen LogP contribution in [0.2, 0.25) is 0 Å². The van der Waals surface area contributed by atoms with E-state index in [2.05, 4.69) is 0 Å². The van der Waals surface area contributed by atoms with Gasteiger partial charge in [-0.1, -0.05) is 161 Å². The summed E-state index contributed by atoms with van der Waals surface area (Å²) < 4.78 is 24.3. The second kappa shape index (κ2) is 20.0. The van der Waals surface area contributed by atoms with Gasteiger partial charge in [-0.05, 0) is 36.8 Å². The van der Waals surface area contributed by atoms with Crippen molar-refractivity contribution in [3.63, 3.8) is 0 Å². The highest BCUT2D eigenvalue weighted by Gasteiger charge is 2.49. The summed E-state index contributed by atoms with van der Waals surface area (Å²) in [5.74, 6) is -5.83. The second-order valence-corrected chi connectivity index (χ2v) is 20.5. The van der Waals surface area contributed by atoms with Crippen LogP contribution >= 0.6 is 47.0 Å². The smallest absolute Gasteiger partial charge is 0.350 e. The van der Waals surface area contributed by atoms with Crippen LogP contribution in [-0.2, 0) is 51.3 Å². The SMILES string of the molecule is CCCCC(CC)C(=O)Oc1c2c(c(OC(=O)C(CC)CCCC)c3c1SC(=C1C(=O)N(Cc4ccccc4)N(Cc4ccccc4)C1=O)S3)SC(=C1C(=O)OC(C)(C)OC1=O)S2. The summed E-state index contributed by atoms with van der Waals surface area (Å²) >= 11 is 4.21. The van der Waals surface area contributed by atoms with Crippen LogP contribution < -0.4 is 9.47 Å². The van der Waals surface area contributed by atoms with E-state index < -0.39 is 53.3 Å². The third-order valence-corrected chi connectivity index (χ3v) is 16.1. The quantitative estimate of drug-likeness (QED) is 0.0581. The molecule has 3 aromatic carbocycles.